The third kappa shape index (κ3) is 2.47. The lowest BCUT2D eigenvalue weighted by Gasteiger charge is -2.19. The van der Waals surface area contributed by atoms with E-state index in [4.69, 9.17) is 5.73 Å². The molecule has 0 fully saturated rings. The second-order valence-electron chi connectivity index (χ2n) is 2.91. The fraction of sp³-hybridized carbons (Fsp3) is 0.300. The standard InChI is InChI=1S/C10H15N3/c1-3-4-8-13(2)9-6-5-7-12-10(9)11/h3,5-7H,1,4,8H2,2H3,(H2,11,12). The molecule has 0 aromatic carbocycles. The van der Waals surface area contributed by atoms with Gasteiger partial charge in [0.1, 0.15) is 5.82 Å². The Kier molecular flexibility index (Phi) is 3.31. The molecule has 0 saturated carbocycles. The summed E-state index contributed by atoms with van der Waals surface area (Å²) in [4.78, 5) is 6.09. The molecule has 3 heteroatoms. The molecule has 0 aliphatic heterocycles. The Balaban J connectivity index is 2.70. The summed E-state index contributed by atoms with van der Waals surface area (Å²) in [5.41, 5.74) is 6.69. The molecule has 0 saturated heterocycles. The van der Waals surface area contributed by atoms with Crippen LogP contribution in [0.5, 0.6) is 0 Å². The van der Waals surface area contributed by atoms with E-state index in [1.54, 1.807) is 6.20 Å². The highest BCUT2D eigenvalue weighted by molar-refractivity contribution is 5.62. The van der Waals surface area contributed by atoms with Gasteiger partial charge in [0, 0.05) is 19.8 Å². The van der Waals surface area contributed by atoms with Crippen LogP contribution >= 0.6 is 0 Å². The first-order valence-corrected chi connectivity index (χ1v) is 4.28. The van der Waals surface area contributed by atoms with Gasteiger partial charge in [-0.2, -0.15) is 0 Å². The van der Waals surface area contributed by atoms with Gasteiger partial charge < -0.3 is 10.6 Å². The number of nitrogen functional groups attached to an aromatic ring is 1. The number of hydrogen-bond acceptors (Lipinski definition) is 3. The number of hydrogen-bond donors (Lipinski definition) is 1. The minimum Gasteiger partial charge on any atom is -0.382 e. The predicted molar refractivity (Wildman–Crippen MR) is 56.7 cm³/mol. The third-order valence-corrected chi connectivity index (χ3v) is 1.90. The van der Waals surface area contributed by atoms with E-state index in [1.807, 2.05) is 25.3 Å². The van der Waals surface area contributed by atoms with Crippen LogP contribution in [0.1, 0.15) is 6.42 Å². The summed E-state index contributed by atoms with van der Waals surface area (Å²) in [6.07, 6.45) is 4.54. The molecule has 70 valence electrons. The number of anilines is 2. The molecular weight excluding hydrogens is 162 g/mol. The Morgan fingerprint density at radius 2 is 2.46 bits per heavy atom. The molecule has 0 aliphatic rings. The molecule has 13 heavy (non-hydrogen) atoms. The van der Waals surface area contributed by atoms with Crippen molar-refractivity contribution in [3.63, 3.8) is 0 Å². The Bertz CT molecular complexity index is 283. The maximum Gasteiger partial charge on any atom is 0.146 e. The highest BCUT2D eigenvalue weighted by Gasteiger charge is 2.03. The van der Waals surface area contributed by atoms with Crippen molar-refractivity contribution in [2.24, 2.45) is 0 Å². The van der Waals surface area contributed by atoms with Crippen LogP contribution in [0, 0.1) is 0 Å². The topological polar surface area (TPSA) is 42.2 Å². The SMILES string of the molecule is C=CCCN(C)c1cccnc1N. The van der Waals surface area contributed by atoms with Crippen molar-refractivity contribution in [1.29, 1.82) is 0 Å². The van der Waals surface area contributed by atoms with Crippen molar-refractivity contribution in [3.8, 4) is 0 Å². The highest BCUT2D eigenvalue weighted by atomic mass is 15.1. The van der Waals surface area contributed by atoms with E-state index >= 15 is 0 Å². The Labute approximate surface area is 78.9 Å². The van der Waals surface area contributed by atoms with Crippen LogP contribution in [0.4, 0.5) is 11.5 Å². The predicted octanol–water partition coefficient (Wildman–Crippen LogP) is 1.68. The monoisotopic (exact) mass is 177 g/mol. The fourth-order valence-electron chi connectivity index (χ4n) is 1.14. The van der Waals surface area contributed by atoms with Gasteiger partial charge >= 0.3 is 0 Å². The summed E-state index contributed by atoms with van der Waals surface area (Å²) >= 11 is 0. The third-order valence-electron chi connectivity index (χ3n) is 1.90. The maximum absolute atomic E-state index is 5.71. The van der Waals surface area contributed by atoms with Crippen LogP contribution in [0.2, 0.25) is 0 Å². The van der Waals surface area contributed by atoms with Gasteiger partial charge in [-0.15, -0.1) is 6.58 Å². The molecule has 2 N–H and O–H groups in total. The molecule has 0 bridgehead atoms. The fourth-order valence-corrected chi connectivity index (χ4v) is 1.14. The number of nitrogens with two attached hydrogens (primary N) is 1. The lowest BCUT2D eigenvalue weighted by atomic mass is 10.3. The van der Waals surface area contributed by atoms with Gasteiger partial charge in [-0.1, -0.05) is 6.08 Å². The lowest BCUT2D eigenvalue weighted by molar-refractivity contribution is 0.898. The van der Waals surface area contributed by atoms with Crippen molar-refractivity contribution in [1.82, 2.24) is 4.98 Å². The molecule has 1 rings (SSSR count). The van der Waals surface area contributed by atoms with Gasteiger partial charge in [0.2, 0.25) is 0 Å². The Morgan fingerprint density at radius 3 is 3.08 bits per heavy atom. The number of pyridine rings is 1. The molecule has 0 radical (unpaired) electrons. The molecule has 1 aromatic rings. The molecule has 0 unspecified atom stereocenters. The van der Waals surface area contributed by atoms with Crippen molar-refractivity contribution >= 4 is 11.5 Å². The second kappa shape index (κ2) is 4.50. The molecule has 0 aliphatic carbocycles. The van der Waals surface area contributed by atoms with Gasteiger partial charge in [-0.3, -0.25) is 0 Å². The van der Waals surface area contributed by atoms with Crippen LogP contribution in [0.3, 0.4) is 0 Å². The summed E-state index contributed by atoms with van der Waals surface area (Å²) in [7, 11) is 2.00. The zero-order valence-electron chi connectivity index (χ0n) is 7.90. The van der Waals surface area contributed by atoms with Crippen LogP contribution in [-0.4, -0.2) is 18.6 Å². The van der Waals surface area contributed by atoms with Gasteiger partial charge in [0.05, 0.1) is 5.69 Å². The van der Waals surface area contributed by atoms with Crippen molar-refractivity contribution in [2.75, 3.05) is 24.2 Å². The summed E-state index contributed by atoms with van der Waals surface area (Å²) in [5, 5.41) is 0. The van der Waals surface area contributed by atoms with Crippen molar-refractivity contribution in [3.05, 3.63) is 31.0 Å². The summed E-state index contributed by atoms with van der Waals surface area (Å²) in [6.45, 7) is 4.59. The van der Waals surface area contributed by atoms with Gasteiger partial charge in [0.25, 0.3) is 0 Å². The van der Waals surface area contributed by atoms with Crippen molar-refractivity contribution < 1.29 is 0 Å². The molecular formula is C10H15N3. The number of aromatic nitrogens is 1. The Hall–Kier alpha value is -1.51. The van der Waals surface area contributed by atoms with Crippen LogP contribution in [-0.2, 0) is 0 Å². The summed E-state index contributed by atoms with van der Waals surface area (Å²) in [5.74, 6) is 0.578. The molecule has 3 nitrogen and oxygen atoms in total. The van der Waals surface area contributed by atoms with E-state index in [1.165, 1.54) is 0 Å². The number of rotatable bonds is 4. The van der Waals surface area contributed by atoms with Gasteiger partial charge in [0.15, 0.2) is 0 Å². The quantitative estimate of drug-likeness (QED) is 0.711. The molecule has 1 heterocycles. The first-order chi connectivity index (χ1) is 6.25. The first kappa shape index (κ1) is 9.58. The highest BCUT2D eigenvalue weighted by Crippen LogP contribution is 2.18. The summed E-state index contributed by atoms with van der Waals surface area (Å²) in [6, 6.07) is 3.85. The average Bonchev–Trinajstić information content (AvgIpc) is 2.15. The maximum atomic E-state index is 5.71. The zero-order chi connectivity index (χ0) is 9.68. The van der Waals surface area contributed by atoms with E-state index in [-0.39, 0.29) is 0 Å². The van der Waals surface area contributed by atoms with Crippen LogP contribution in [0.15, 0.2) is 31.0 Å². The van der Waals surface area contributed by atoms with E-state index in [0.717, 1.165) is 18.7 Å². The zero-order valence-corrected chi connectivity index (χ0v) is 7.90. The summed E-state index contributed by atoms with van der Waals surface area (Å²) < 4.78 is 0. The Morgan fingerprint density at radius 1 is 1.69 bits per heavy atom. The van der Waals surface area contributed by atoms with Gasteiger partial charge in [-0.25, -0.2) is 4.98 Å². The van der Waals surface area contributed by atoms with Crippen LogP contribution in [0.25, 0.3) is 0 Å². The molecule has 0 atom stereocenters. The van der Waals surface area contributed by atoms with Crippen molar-refractivity contribution in [2.45, 2.75) is 6.42 Å². The molecule has 1 aromatic heterocycles. The van der Waals surface area contributed by atoms with E-state index in [9.17, 15) is 0 Å². The first-order valence-electron chi connectivity index (χ1n) is 4.28. The average molecular weight is 177 g/mol. The number of nitrogens with zero attached hydrogens (tertiary/aromatic N) is 2. The van der Waals surface area contributed by atoms with E-state index in [2.05, 4.69) is 16.5 Å². The molecule has 0 spiro atoms. The molecule has 0 amide bonds. The smallest absolute Gasteiger partial charge is 0.146 e. The lowest BCUT2D eigenvalue weighted by Crippen LogP contribution is -2.19. The minimum absolute atomic E-state index is 0.578. The van der Waals surface area contributed by atoms with E-state index in [0.29, 0.717) is 5.82 Å². The van der Waals surface area contributed by atoms with Gasteiger partial charge in [-0.05, 0) is 18.6 Å². The van der Waals surface area contributed by atoms with E-state index < -0.39 is 0 Å². The normalized spacial score (nSPS) is 9.62. The second-order valence-corrected chi connectivity index (χ2v) is 2.91. The minimum atomic E-state index is 0.578. The largest absolute Gasteiger partial charge is 0.382 e. The van der Waals surface area contributed by atoms with Crippen LogP contribution < -0.4 is 10.6 Å².